The van der Waals surface area contributed by atoms with Gasteiger partial charge in [0.15, 0.2) is 6.29 Å². The number of hydrogen-bond acceptors (Lipinski definition) is 5. The van der Waals surface area contributed by atoms with Gasteiger partial charge in [-0.05, 0) is 42.5 Å². The Bertz CT molecular complexity index is 1070. The Morgan fingerprint density at radius 2 is 1.80 bits per heavy atom. The number of hydrogen-bond donors (Lipinski definition) is 2. The number of benzene rings is 2. The minimum Gasteiger partial charge on any atom is -0.352 e. The van der Waals surface area contributed by atoms with Gasteiger partial charge in [0.1, 0.15) is 5.84 Å². The lowest BCUT2D eigenvalue weighted by molar-refractivity contribution is -0.155. The second kappa shape index (κ2) is 10.7. The van der Waals surface area contributed by atoms with Crippen LogP contribution < -0.4 is 10.7 Å². The molecular weight excluding hydrogens is 462 g/mol. The van der Waals surface area contributed by atoms with Crippen LogP contribution in [0.5, 0.6) is 0 Å². The molecule has 2 aromatic carbocycles. The summed E-state index contributed by atoms with van der Waals surface area (Å²) in [5.74, 6) is 1.10. The van der Waals surface area contributed by atoms with Crippen molar-refractivity contribution in [1.82, 2.24) is 20.5 Å². The van der Waals surface area contributed by atoms with Crippen LogP contribution in [0.15, 0.2) is 59.7 Å². The maximum Gasteiger partial charge on any atom is 0.230 e. The predicted molar refractivity (Wildman–Crippen MR) is 136 cm³/mol. The van der Waals surface area contributed by atoms with Gasteiger partial charge in [-0.3, -0.25) is 15.0 Å². The van der Waals surface area contributed by atoms with Gasteiger partial charge in [0.05, 0.1) is 5.92 Å². The van der Waals surface area contributed by atoms with Gasteiger partial charge in [-0.2, -0.15) is 5.10 Å². The number of amidine groups is 1. The van der Waals surface area contributed by atoms with E-state index in [-0.39, 0.29) is 30.1 Å². The van der Waals surface area contributed by atoms with Gasteiger partial charge in [-0.15, -0.1) is 0 Å². The smallest absolute Gasteiger partial charge is 0.230 e. The lowest BCUT2D eigenvalue weighted by Gasteiger charge is -2.50. The van der Waals surface area contributed by atoms with E-state index < -0.39 is 0 Å². The summed E-state index contributed by atoms with van der Waals surface area (Å²) in [6.45, 7) is 1.12. The highest BCUT2D eigenvalue weighted by Crippen LogP contribution is 2.37. The van der Waals surface area contributed by atoms with Gasteiger partial charge in [0, 0.05) is 37.0 Å². The summed E-state index contributed by atoms with van der Waals surface area (Å²) in [5.41, 5.74) is 5.45. The number of carbonyl (C=O) groups excluding carboxylic acids is 2. The average Bonchev–Trinajstić information content (AvgIpc) is 3.31. The molecule has 1 aliphatic carbocycles. The third kappa shape index (κ3) is 5.30. The Balaban J connectivity index is 1.22. The molecule has 8 heteroatoms. The van der Waals surface area contributed by atoms with Crippen LogP contribution in [0.4, 0.5) is 0 Å². The molecule has 2 aromatic rings. The zero-order valence-corrected chi connectivity index (χ0v) is 20.6. The molecule has 2 N–H and O–H groups in total. The Morgan fingerprint density at radius 3 is 2.60 bits per heavy atom. The number of nitrogens with one attached hydrogen (secondary N) is 2. The summed E-state index contributed by atoms with van der Waals surface area (Å²) in [5, 5.41) is 8.28. The molecule has 0 aromatic heterocycles. The van der Waals surface area contributed by atoms with Crippen LogP contribution in [0.3, 0.4) is 0 Å². The first-order valence-electron chi connectivity index (χ1n) is 12.6. The van der Waals surface area contributed by atoms with E-state index in [4.69, 9.17) is 11.6 Å². The highest BCUT2D eigenvalue weighted by Gasteiger charge is 2.50. The first-order chi connectivity index (χ1) is 17.1. The minimum absolute atomic E-state index is 0.000366. The van der Waals surface area contributed by atoms with Crippen molar-refractivity contribution in [3.8, 4) is 0 Å². The molecule has 2 aliphatic heterocycles. The highest BCUT2D eigenvalue weighted by atomic mass is 35.5. The largest absolute Gasteiger partial charge is 0.352 e. The molecule has 3 aliphatic rings. The third-order valence-corrected chi connectivity index (χ3v) is 7.57. The van der Waals surface area contributed by atoms with Crippen LogP contribution in [-0.4, -0.2) is 46.3 Å². The maximum atomic E-state index is 13.5. The quantitative estimate of drug-likeness (QED) is 0.585. The third-order valence-electron chi connectivity index (χ3n) is 7.32. The molecule has 2 amide bonds. The Kier molecular flexibility index (Phi) is 7.23. The molecule has 5 rings (SSSR count). The van der Waals surface area contributed by atoms with E-state index in [0.717, 1.165) is 43.5 Å². The van der Waals surface area contributed by atoms with Crippen LogP contribution in [0.2, 0.25) is 5.02 Å². The zero-order valence-electron chi connectivity index (χ0n) is 19.8. The molecule has 35 heavy (non-hydrogen) atoms. The van der Waals surface area contributed by atoms with Crippen molar-refractivity contribution in [3.63, 3.8) is 0 Å². The van der Waals surface area contributed by atoms with Crippen molar-refractivity contribution in [3.05, 3.63) is 70.7 Å². The summed E-state index contributed by atoms with van der Waals surface area (Å²) >= 11 is 5.94. The molecule has 3 unspecified atom stereocenters. The monoisotopic (exact) mass is 493 g/mol. The van der Waals surface area contributed by atoms with Crippen molar-refractivity contribution in [2.45, 2.75) is 63.8 Å². The SMILES string of the molecule is O=C(CCC1=NNC2N(CCc3ccccc3)C(=O)C3CCCCC3N12)NCc1ccc(Cl)cc1. The van der Waals surface area contributed by atoms with Crippen molar-refractivity contribution in [1.29, 1.82) is 0 Å². The van der Waals surface area contributed by atoms with Crippen molar-refractivity contribution in [2.24, 2.45) is 11.0 Å². The van der Waals surface area contributed by atoms with Crippen molar-refractivity contribution in [2.75, 3.05) is 6.54 Å². The first-order valence-corrected chi connectivity index (χ1v) is 12.9. The molecular formula is C27H32ClN5O2. The van der Waals surface area contributed by atoms with Gasteiger partial charge in [-0.25, -0.2) is 0 Å². The number of halogens is 1. The number of amides is 2. The summed E-state index contributed by atoms with van der Waals surface area (Å²) in [6, 6.07) is 17.9. The van der Waals surface area contributed by atoms with E-state index in [1.54, 1.807) is 0 Å². The zero-order chi connectivity index (χ0) is 24.2. The van der Waals surface area contributed by atoms with Crippen molar-refractivity contribution < 1.29 is 9.59 Å². The summed E-state index contributed by atoms with van der Waals surface area (Å²) < 4.78 is 0. The fourth-order valence-electron chi connectivity index (χ4n) is 5.48. The van der Waals surface area contributed by atoms with E-state index in [1.807, 2.05) is 47.4 Å². The van der Waals surface area contributed by atoms with Gasteiger partial charge in [0.2, 0.25) is 11.8 Å². The molecule has 7 nitrogen and oxygen atoms in total. The summed E-state index contributed by atoms with van der Waals surface area (Å²) in [7, 11) is 0. The van der Waals surface area contributed by atoms with Gasteiger partial charge in [-0.1, -0.05) is 66.9 Å². The normalized spacial score (nSPS) is 23.3. The number of carbonyl (C=O) groups is 2. The fraction of sp³-hybridized carbons (Fsp3) is 0.444. The number of hydrazone groups is 1. The average molecular weight is 494 g/mol. The van der Waals surface area contributed by atoms with E-state index in [0.29, 0.717) is 31.0 Å². The highest BCUT2D eigenvalue weighted by molar-refractivity contribution is 6.30. The number of nitrogens with zero attached hydrogens (tertiary/aromatic N) is 3. The summed E-state index contributed by atoms with van der Waals surface area (Å²) in [6.07, 6.45) is 5.55. The molecule has 0 spiro atoms. The molecule has 0 bridgehead atoms. The predicted octanol–water partition coefficient (Wildman–Crippen LogP) is 3.88. The van der Waals surface area contributed by atoms with Crippen LogP contribution in [0, 0.1) is 5.92 Å². The molecule has 184 valence electrons. The lowest BCUT2D eigenvalue weighted by Crippen LogP contribution is -2.67. The van der Waals surface area contributed by atoms with Crippen LogP contribution in [0.25, 0.3) is 0 Å². The topological polar surface area (TPSA) is 77.0 Å². The Hall–Kier alpha value is -3.06. The lowest BCUT2D eigenvalue weighted by atomic mass is 9.80. The number of fused-ring (bicyclic) bond motifs is 3. The van der Waals surface area contributed by atoms with Crippen LogP contribution >= 0.6 is 11.6 Å². The van der Waals surface area contributed by atoms with E-state index in [9.17, 15) is 9.59 Å². The van der Waals surface area contributed by atoms with Gasteiger partial charge in [0.25, 0.3) is 0 Å². The Morgan fingerprint density at radius 1 is 1.03 bits per heavy atom. The van der Waals surface area contributed by atoms with Crippen LogP contribution in [0.1, 0.15) is 49.7 Å². The minimum atomic E-state index is -0.266. The van der Waals surface area contributed by atoms with Gasteiger partial charge < -0.3 is 15.1 Å². The second-order valence-corrected chi connectivity index (χ2v) is 10.0. The van der Waals surface area contributed by atoms with E-state index >= 15 is 0 Å². The standard InChI is InChI=1S/C27H32ClN5O2/c28-21-12-10-20(11-13-21)18-29-25(34)15-14-24-30-31-27-32(17-16-19-6-2-1-3-7-19)26(35)22-8-4-5-9-23(22)33(24)27/h1-3,6-7,10-13,22-23,27,31H,4-5,8-9,14-18H2,(H,29,34). The molecule has 2 fully saturated rings. The first kappa shape index (κ1) is 23.7. The summed E-state index contributed by atoms with van der Waals surface area (Å²) in [4.78, 5) is 30.3. The van der Waals surface area contributed by atoms with Crippen LogP contribution in [-0.2, 0) is 22.6 Å². The maximum absolute atomic E-state index is 13.5. The van der Waals surface area contributed by atoms with E-state index in [2.05, 4.69) is 32.9 Å². The van der Waals surface area contributed by atoms with Gasteiger partial charge >= 0.3 is 0 Å². The Labute approximate surface area is 211 Å². The molecule has 1 saturated heterocycles. The van der Waals surface area contributed by atoms with Crippen molar-refractivity contribution >= 4 is 29.3 Å². The molecule has 1 saturated carbocycles. The molecule has 3 atom stereocenters. The molecule has 0 radical (unpaired) electrons. The fourth-order valence-corrected chi connectivity index (χ4v) is 5.61. The number of rotatable bonds is 8. The van der Waals surface area contributed by atoms with E-state index in [1.165, 1.54) is 5.56 Å². The second-order valence-electron chi connectivity index (χ2n) is 9.57. The molecule has 2 heterocycles.